The van der Waals surface area contributed by atoms with E-state index in [0.29, 0.717) is 5.56 Å². The minimum Gasteiger partial charge on any atom is -0.273 e. The van der Waals surface area contributed by atoms with E-state index >= 15 is 0 Å². The van der Waals surface area contributed by atoms with Gasteiger partial charge < -0.3 is 0 Å². The maximum absolute atomic E-state index is 12.8. The molecule has 0 atom stereocenters. The minimum atomic E-state index is -0.361. The third kappa shape index (κ3) is 6.17. The first-order valence-corrected chi connectivity index (χ1v) is 9.34. The lowest BCUT2D eigenvalue weighted by molar-refractivity contribution is -0.127. The van der Waals surface area contributed by atoms with Gasteiger partial charge in [0.05, 0.1) is 12.2 Å². The number of nitrogens with one attached hydrogen (secondary N) is 2. The molecule has 0 saturated carbocycles. The molecule has 0 unspecified atom stereocenters. The average Bonchev–Trinajstić information content (AvgIpc) is 2.57. The fourth-order valence-corrected chi connectivity index (χ4v) is 3.42. The molecule has 7 heteroatoms. The topological polar surface area (TPSA) is 58.2 Å². The van der Waals surface area contributed by atoms with E-state index in [4.69, 9.17) is 0 Å². The third-order valence-electron chi connectivity index (χ3n) is 3.43. The summed E-state index contributed by atoms with van der Waals surface area (Å²) in [6, 6.07) is 9.68. The molecular weight excluding hydrogens is 407 g/mol. The van der Waals surface area contributed by atoms with Crippen molar-refractivity contribution in [3.8, 4) is 0 Å². The van der Waals surface area contributed by atoms with Gasteiger partial charge in [-0.05, 0) is 54.8 Å². The number of amides is 2. The highest BCUT2D eigenvalue weighted by Gasteiger charge is 2.09. The summed E-state index contributed by atoms with van der Waals surface area (Å²) >= 11 is 4.88. The van der Waals surface area contributed by atoms with E-state index in [0.717, 1.165) is 20.5 Å². The Balaban J connectivity index is 1.78. The molecule has 0 aromatic heterocycles. The number of aryl methyl sites for hydroxylation is 2. The number of rotatable bonds is 5. The van der Waals surface area contributed by atoms with Gasteiger partial charge in [-0.1, -0.05) is 28.1 Å². The molecule has 0 aliphatic carbocycles. The summed E-state index contributed by atoms with van der Waals surface area (Å²) in [6.07, 6.45) is 0.0682. The third-order valence-corrected chi connectivity index (χ3v) is 5.45. The first-order valence-electron chi connectivity index (χ1n) is 7.57. The Bertz CT molecular complexity index is 781. The van der Waals surface area contributed by atoms with Gasteiger partial charge in [-0.3, -0.25) is 20.4 Å². The number of hydrazine groups is 1. The van der Waals surface area contributed by atoms with E-state index in [1.165, 1.54) is 36.0 Å². The van der Waals surface area contributed by atoms with Gasteiger partial charge in [0.1, 0.15) is 5.82 Å². The molecule has 0 bridgehead atoms. The van der Waals surface area contributed by atoms with Gasteiger partial charge in [0.15, 0.2) is 0 Å². The molecule has 0 heterocycles. The Morgan fingerprint density at radius 1 is 1.04 bits per heavy atom. The van der Waals surface area contributed by atoms with E-state index in [-0.39, 0.29) is 29.8 Å². The van der Waals surface area contributed by atoms with E-state index in [2.05, 4.69) is 26.8 Å². The van der Waals surface area contributed by atoms with Gasteiger partial charge in [0.25, 0.3) is 0 Å². The van der Waals surface area contributed by atoms with E-state index in [9.17, 15) is 14.0 Å². The summed E-state index contributed by atoms with van der Waals surface area (Å²) < 4.78 is 13.8. The van der Waals surface area contributed by atoms with Crippen LogP contribution in [0.15, 0.2) is 45.8 Å². The molecule has 2 aromatic rings. The average molecular weight is 425 g/mol. The summed E-state index contributed by atoms with van der Waals surface area (Å²) in [7, 11) is 0. The number of carbonyl (C=O) groups excluding carboxylic acids is 2. The van der Waals surface area contributed by atoms with Crippen LogP contribution in [0, 0.1) is 19.7 Å². The Labute approximate surface area is 158 Å². The summed E-state index contributed by atoms with van der Waals surface area (Å²) in [5.74, 6) is -0.815. The Morgan fingerprint density at radius 2 is 1.68 bits per heavy atom. The standard InChI is InChI=1S/C18H18BrFN2O2S/c1-11-8-16(12(2)7-15(11)19)25-10-18(24)22-21-17(23)9-13-3-5-14(20)6-4-13/h3-8H,9-10H2,1-2H3,(H,21,23)(H,22,24). The zero-order valence-corrected chi connectivity index (χ0v) is 16.3. The minimum absolute atomic E-state index is 0.0682. The van der Waals surface area contributed by atoms with E-state index in [1.807, 2.05) is 26.0 Å². The lowest BCUT2D eigenvalue weighted by atomic mass is 10.1. The van der Waals surface area contributed by atoms with Crippen LogP contribution in [0.1, 0.15) is 16.7 Å². The van der Waals surface area contributed by atoms with Crippen LogP contribution < -0.4 is 10.9 Å². The zero-order valence-electron chi connectivity index (χ0n) is 13.9. The highest BCUT2D eigenvalue weighted by atomic mass is 79.9. The van der Waals surface area contributed by atoms with Crippen LogP contribution in [-0.2, 0) is 16.0 Å². The largest absolute Gasteiger partial charge is 0.273 e. The molecule has 0 aliphatic heterocycles. The van der Waals surface area contributed by atoms with Crippen LogP contribution in [0.2, 0.25) is 0 Å². The van der Waals surface area contributed by atoms with E-state index < -0.39 is 0 Å². The molecule has 25 heavy (non-hydrogen) atoms. The quantitative estimate of drug-likeness (QED) is 0.568. The summed E-state index contributed by atoms with van der Waals surface area (Å²) in [5, 5.41) is 0. The number of halogens is 2. The van der Waals surface area contributed by atoms with Gasteiger partial charge in [-0.2, -0.15) is 0 Å². The molecule has 0 fully saturated rings. The molecule has 132 valence electrons. The smallest absolute Gasteiger partial charge is 0.248 e. The Morgan fingerprint density at radius 3 is 2.36 bits per heavy atom. The Hall–Kier alpha value is -1.86. The number of thioether (sulfide) groups is 1. The molecule has 0 radical (unpaired) electrons. The van der Waals surface area contributed by atoms with Crippen molar-refractivity contribution in [1.29, 1.82) is 0 Å². The SMILES string of the molecule is Cc1cc(SCC(=O)NNC(=O)Cc2ccc(F)cc2)c(C)cc1Br. The van der Waals surface area contributed by atoms with Gasteiger partial charge in [-0.15, -0.1) is 11.8 Å². The van der Waals surface area contributed by atoms with Crippen molar-refractivity contribution in [3.63, 3.8) is 0 Å². The van der Waals surface area contributed by atoms with Crippen molar-refractivity contribution < 1.29 is 14.0 Å². The van der Waals surface area contributed by atoms with Crippen molar-refractivity contribution in [2.75, 3.05) is 5.75 Å². The van der Waals surface area contributed by atoms with Crippen LogP contribution in [-0.4, -0.2) is 17.6 Å². The second kappa shape index (κ2) is 9.01. The zero-order chi connectivity index (χ0) is 18.4. The first kappa shape index (κ1) is 19.5. The monoisotopic (exact) mass is 424 g/mol. The van der Waals surface area contributed by atoms with Crippen molar-refractivity contribution in [3.05, 3.63) is 63.4 Å². The van der Waals surface area contributed by atoms with Crippen LogP contribution in [0.3, 0.4) is 0 Å². The molecule has 2 amide bonds. The maximum Gasteiger partial charge on any atom is 0.248 e. The summed E-state index contributed by atoms with van der Waals surface area (Å²) in [4.78, 5) is 24.7. The number of benzene rings is 2. The number of hydrogen-bond acceptors (Lipinski definition) is 3. The van der Waals surface area contributed by atoms with Gasteiger partial charge in [-0.25, -0.2) is 4.39 Å². The predicted molar refractivity (Wildman–Crippen MR) is 101 cm³/mol. The van der Waals surface area contributed by atoms with Crippen molar-refractivity contribution in [1.82, 2.24) is 10.9 Å². The highest BCUT2D eigenvalue weighted by molar-refractivity contribution is 9.10. The maximum atomic E-state index is 12.8. The lowest BCUT2D eigenvalue weighted by Crippen LogP contribution is -2.43. The Kier molecular flexibility index (Phi) is 7.01. The van der Waals surface area contributed by atoms with Crippen LogP contribution >= 0.6 is 27.7 Å². The van der Waals surface area contributed by atoms with Crippen LogP contribution in [0.4, 0.5) is 4.39 Å². The van der Waals surface area contributed by atoms with Crippen molar-refractivity contribution >= 4 is 39.5 Å². The van der Waals surface area contributed by atoms with Gasteiger partial charge >= 0.3 is 0 Å². The molecule has 0 saturated heterocycles. The second-order valence-electron chi connectivity index (χ2n) is 5.56. The second-order valence-corrected chi connectivity index (χ2v) is 7.43. The molecular formula is C18H18BrFN2O2S. The van der Waals surface area contributed by atoms with Crippen molar-refractivity contribution in [2.45, 2.75) is 25.2 Å². The molecule has 4 nitrogen and oxygen atoms in total. The van der Waals surface area contributed by atoms with Crippen molar-refractivity contribution in [2.24, 2.45) is 0 Å². The molecule has 2 rings (SSSR count). The van der Waals surface area contributed by atoms with Gasteiger partial charge in [0.2, 0.25) is 11.8 Å². The van der Waals surface area contributed by atoms with E-state index in [1.54, 1.807) is 0 Å². The number of hydrogen-bond donors (Lipinski definition) is 2. The fourth-order valence-electron chi connectivity index (χ4n) is 2.06. The first-order chi connectivity index (χ1) is 11.8. The predicted octanol–water partition coefficient (Wildman–Crippen LogP) is 3.69. The normalized spacial score (nSPS) is 10.4. The van der Waals surface area contributed by atoms with Gasteiger partial charge in [0, 0.05) is 9.37 Å². The molecule has 0 aliphatic rings. The lowest BCUT2D eigenvalue weighted by Gasteiger charge is -2.10. The fraction of sp³-hybridized carbons (Fsp3) is 0.222. The highest BCUT2D eigenvalue weighted by Crippen LogP contribution is 2.28. The van der Waals surface area contributed by atoms with Crippen LogP contribution in [0.5, 0.6) is 0 Å². The molecule has 0 spiro atoms. The summed E-state index contributed by atoms with van der Waals surface area (Å²) in [6.45, 7) is 3.97. The summed E-state index contributed by atoms with van der Waals surface area (Å²) in [5.41, 5.74) is 7.60. The number of carbonyl (C=O) groups is 2. The molecule has 2 aromatic carbocycles. The molecule has 2 N–H and O–H groups in total. The van der Waals surface area contributed by atoms with Crippen LogP contribution in [0.25, 0.3) is 0 Å².